The average molecular weight is 296 g/mol. The highest BCUT2D eigenvalue weighted by atomic mass is 32.2. The third-order valence-corrected chi connectivity index (χ3v) is 5.83. The summed E-state index contributed by atoms with van der Waals surface area (Å²) in [5.74, 6) is 0. The summed E-state index contributed by atoms with van der Waals surface area (Å²) in [5, 5.41) is 0. The van der Waals surface area contributed by atoms with E-state index in [0.717, 1.165) is 23.1 Å². The highest BCUT2D eigenvalue weighted by molar-refractivity contribution is 7.89. The molecule has 20 heavy (non-hydrogen) atoms. The molecule has 2 rings (SSSR count). The molecule has 0 atom stereocenters. The van der Waals surface area contributed by atoms with E-state index in [1.807, 2.05) is 32.9 Å². The minimum atomic E-state index is -3.48. The molecule has 1 aromatic rings. The van der Waals surface area contributed by atoms with E-state index in [1.54, 1.807) is 4.90 Å². The molecule has 1 aromatic carbocycles. The summed E-state index contributed by atoms with van der Waals surface area (Å²) in [4.78, 5) is 12.7. The lowest BCUT2D eigenvalue weighted by atomic mass is 10.1. The molecular weight excluding hydrogens is 276 g/mol. The first-order valence-corrected chi connectivity index (χ1v) is 8.07. The van der Waals surface area contributed by atoms with Crippen LogP contribution in [0.1, 0.15) is 16.7 Å². The van der Waals surface area contributed by atoms with Crippen LogP contribution in [-0.4, -0.2) is 50.2 Å². The maximum atomic E-state index is 12.8. The van der Waals surface area contributed by atoms with Crippen molar-refractivity contribution in [3.05, 3.63) is 28.8 Å². The molecule has 0 aliphatic carbocycles. The minimum Gasteiger partial charge on any atom is -0.343 e. The number of hydrogen-bond donors (Lipinski definition) is 0. The van der Waals surface area contributed by atoms with Gasteiger partial charge in [0.05, 0.1) is 4.90 Å². The van der Waals surface area contributed by atoms with Gasteiger partial charge in [-0.2, -0.15) is 4.31 Å². The summed E-state index contributed by atoms with van der Waals surface area (Å²) in [6, 6.07) is 3.78. The molecule has 0 unspecified atom stereocenters. The van der Waals surface area contributed by atoms with Crippen molar-refractivity contribution in [1.29, 1.82) is 0 Å². The van der Waals surface area contributed by atoms with Gasteiger partial charge in [-0.15, -0.1) is 0 Å². The molecule has 6 heteroatoms. The highest BCUT2D eigenvalue weighted by Gasteiger charge is 2.30. The van der Waals surface area contributed by atoms with Gasteiger partial charge in [0.1, 0.15) is 0 Å². The number of carbonyl (C=O) groups is 1. The number of benzene rings is 1. The van der Waals surface area contributed by atoms with Crippen LogP contribution in [0.15, 0.2) is 17.0 Å². The second-order valence-electron chi connectivity index (χ2n) is 5.27. The van der Waals surface area contributed by atoms with Crippen LogP contribution in [0.3, 0.4) is 0 Å². The first kappa shape index (κ1) is 15.0. The summed E-state index contributed by atoms with van der Waals surface area (Å²) in [5.41, 5.74) is 2.62. The summed E-state index contributed by atoms with van der Waals surface area (Å²) >= 11 is 0. The van der Waals surface area contributed by atoms with Crippen molar-refractivity contribution in [3.8, 4) is 0 Å². The lowest BCUT2D eigenvalue weighted by Crippen LogP contribution is -2.48. The second kappa shape index (κ2) is 5.54. The van der Waals surface area contributed by atoms with Crippen molar-refractivity contribution in [2.75, 3.05) is 26.2 Å². The van der Waals surface area contributed by atoms with Gasteiger partial charge < -0.3 is 4.90 Å². The molecule has 1 heterocycles. The topological polar surface area (TPSA) is 57.7 Å². The zero-order chi connectivity index (χ0) is 14.9. The fourth-order valence-corrected chi connectivity index (χ4v) is 4.59. The molecule has 1 aliphatic rings. The van der Waals surface area contributed by atoms with E-state index >= 15 is 0 Å². The molecule has 5 nitrogen and oxygen atoms in total. The number of aryl methyl sites for hydroxylation is 3. The molecule has 1 saturated heterocycles. The molecule has 0 spiro atoms. The van der Waals surface area contributed by atoms with Gasteiger partial charge in [-0.05, 0) is 31.9 Å². The van der Waals surface area contributed by atoms with E-state index in [9.17, 15) is 13.2 Å². The number of nitrogens with zero attached hydrogens (tertiary/aromatic N) is 2. The summed E-state index contributed by atoms with van der Waals surface area (Å²) in [6.07, 6.45) is 0.770. The Balaban J connectivity index is 2.35. The van der Waals surface area contributed by atoms with Crippen molar-refractivity contribution in [2.24, 2.45) is 0 Å². The molecule has 110 valence electrons. The molecule has 0 saturated carbocycles. The van der Waals surface area contributed by atoms with Crippen molar-refractivity contribution < 1.29 is 13.2 Å². The van der Waals surface area contributed by atoms with Gasteiger partial charge in [-0.1, -0.05) is 17.7 Å². The molecular formula is C14H20N2O3S. The number of rotatable bonds is 3. The zero-order valence-corrected chi connectivity index (χ0v) is 12.9. The minimum absolute atomic E-state index is 0.355. The molecule has 0 N–H and O–H groups in total. The van der Waals surface area contributed by atoms with Crippen molar-refractivity contribution in [1.82, 2.24) is 9.21 Å². The normalized spacial score (nSPS) is 17.2. The van der Waals surface area contributed by atoms with Gasteiger partial charge in [0.15, 0.2) is 0 Å². The van der Waals surface area contributed by atoms with Gasteiger partial charge >= 0.3 is 0 Å². The smallest absolute Gasteiger partial charge is 0.243 e. The third-order valence-electron chi connectivity index (χ3n) is 3.62. The maximum Gasteiger partial charge on any atom is 0.243 e. The van der Waals surface area contributed by atoms with Crippen LogP contribution in [0.25, 0.3) is 0 Å². The van der Waals surface area contributed by atoms with E-state index in [4.69, 9.17) is 0 Å². The predicted molar refractivity (Wildman–Crippen MR) is 77.0 cm³/mol. The Morgan fingerprint density at radius 3 is 1.95 bits per heavy atom. The Kier molecular flexibility index (Phi) is 4.15. The first-order valence-electron chi connectivity index (χ1n) is 6.63. The molecule has 0 aromatic heterocycles. The van der Waals surface area contributed by atoms with Crippen LogP contribution >= 0.6 is 0 Å². The van der Waals surface area contributed by atoms with E-state index in [1.165, 1.54) is 4.31 Å². The fourth-order valence-electron chi connectivity index (χ4n) is 2.75. The Hall–Kier alpha value is -1.40. The van der Waals surface area contributed by atoms with Crippen LogP contribution in [0.5, 0.6) is 0 Å². The average Bonchev–Trinajstić information content (AvgIpc) is 2.37. The van der Waals surface area contributed by atoms with Crippen LogP contribution in [0.4, 0.5) is 0 Å². The Labute approximate surface area is 120 Å². The predicted octanol–water partition coefficient (Wildman–Crippen LogP) is 1.07. The highest BCUT2D eigenvalue weighted by Crippen LogP contribution is 2.25. The summed E-state index contributed by atoms with van der Waals surface area (Å²) in [7, 11) is -3.48. The maximum absolute atomic E-state index is 12.8. The molecule has 1 amide bonds. The van der Waals surface area contributed by atoms with E-state index in [0.29, 0.717) is 31.1 Å². The fraction of sp³-hybridized carbons (Fsp3) is 0.500. The first-order chi connectivity index (χ1) is 9.36. The quantitative estimate of drug-likeness (QED) is 0.784. The van der Waals surface area contributed by atoms with E-state index in [2.05, 4.69) is 0 Å². The van der Waals surface area contributed by atoms with Crippen LogP contribution in [0, 0.1) is 20.8 Å². The standard InChI is InChI=1S/C14H20N2O3S/c1-11-8-12(2)14(13(3)9-11)20(18,19)16-6-4-15(10-17)5-7-16/h8-10H,4-7H2,1-3H3. The zero-order valence-electron chi connectivity index (χ0n) is 12.1. The molecule has 1 aliphatic heterocycles. The van der Waals surface area contributed by atoms with Crippen LogP contribution in [-0.2, 0) is 14.8 Å². The summed E-state index contributed by atoms with van der Waals surface area (Å²) in [6.45, 7) is 7.23. The van der Waals surface area contributed by atoms with E-state index < -0.39 is 10.0 Å². The second-order valence-corrected chi connectivity index (χ2v) is 7.15. The Morgan fingerprint density at radius 2 is 1.50 bits per heavy atom. The van der Waals surface area contributed by atoms with Gasteiger partial charge in [0, 0.05) is 26.2 Å². The molecule has 1 fully saturated rings. The Morgan fingerprint density at radius 1 is 1.00 bits per heavy atom. The monoisotopic (exact) mass is 296 g/mol. The van der Waals surface area contributed by atoms with Crippen LogP contribution < -0.4 is 0 Å². The van der Waals surface area contributed by atoms with Crippen LogP contribution in [0.2, 0.25) is 0 Å². The van der Waals surface area contributed by atoms with Gasteiger partial charge in [0.2, 0.25) is 16.4 Å². The van der Waals surface area contributed by atoms with Crippen molar-refractivity contribution in [2.45, 2.75) is 25.7 Å². The van der Waals surface area contributed by atoms with Gasteiger partial charge in [-0.3, -0.25) is 4.79 Å². The summed E-state index contributed by atoms with van der Waals surface area (Å²) < 4.78 is 27.0. The molecule has 0 radical (unpaired) electrons. The lowest BCUT2D eigenvalue weighted by molar-refractivity contribution is -0.119. The van der Waals surface area contributed by atoms with Gasteiger partial charge in [-0.25, -0.2) is 8.42 Å². The number of amides is 1. The number of sulfonamides is 1. The lowest BCUT2D eigenvalue weighted by Gasteiger charge is -2.32. The van der Waals surface area contributed by atoms with E-state index in [-0.39, 0.29) is 0 Å². The number of piperazine rings is 1. The third kappa shape index (κ3) is 2.71. The number of carbonyl (C=O) groups excluding carboxylic acids is 1. The van der Waals surface area contributed by atoms with Crippen molar-refractivity contribution in [3.63, 3.8) is 0 Å². The van der Waals surface area contributed by atoms with Crippen molar-refractivity contribution >= 4 is 16.4 Å². The largest absolute Gasteiger partial charge is 0.343 e. The Bertz CT molecular complexity index is 594. The van der Waals surface area contributed by atoms with Gasteiger partial charge in [0.25, 0.3) is 0 Å². The SMILES string of the molecule is Cc1cc(C)c(S(=O)(=O)N2CCN(C=O)CC2)c(C)c1. The number of hydrogen-bond acceptors (Lipinski definition) is 3. The molecule has 0 bridgehead atoms.